The third kappa shape index (κ3) is 4.55. The predicted molar refractivity (Wildman–Crippen MR) is 208 cm³/mol. The van der Waals surface area contributed by atoms with Crippen LogP contribution in [0.25, 0.3) is 98.8 Å². The van der Waals surface area contributed by atoms with Crippen LogP contribution in [0.3, 0.4) is 0 Å². The van der Waals surface area contributed by atoms with Crippen molar-refractivity contribution in [3.63, 3.8) is 0 Å². The molecular formula is C48H30O. The van der Waals surface area contributed by atoms with Crippen molar-refractivity contribution in [1.29, 1.82) is 0 Å². The summed E-state index contributed by atoms with van der Waals surface area (Å²) in [4.78, 5) is 0. The number of rotatable bonds is 4. The third-order valence-corrected chi connectivity index (χ3v) is 8.64. The number of para-hydroxylation sites is 1. The van der Waals surface area contributed by atoms with Gasteiger partial charge in [0, 0.05) is 10.8 Å². The Balaban J connectivity index is 1.32. The average molecular weight is 642 g/mol. The summed E-state index contributed by atoms with van der Waals surface area (Å²) >= 11 is 0. The smallest absolute Gasteiger partial charge is 0.135 e. The Kier molecular flexibility index (Phi) is 3.34. The quantitative estimate of drug-likeness (QED) is 0.174. The Bertz CT molecular complexity index is 3870. The molecule has 228 valence electrons. The van der Waals surface area contributed by atoms with Crippen molar-refractivity contribution in [2.24, 2.45) is 0 Å². The molecule has 0 aliphatic heterocycles. The molecule has 1 nitrogen and oxygen atoms in total. The van der Waals surface area contributed by atoms with E-state index in [9.17, 15) is 9.60 Å². The Morgan fingerprint density at radius 3 is 1.63 bits per heavy atom. The summed E-state index contributed by atoms with van der Waals surface area (Å²) in [5.74, 6) is 0. The SMILES string of the molecule is [2H]c1c([2H])c(-c2ccc3ccccc3c2)c([2H])c(-c2c3c([2H])c([2H])c([2H])c([2H])c3c(-c3ccc(-c4c([2H])c([2H])c5oc6c([2H])c([2H])c([2H])c([2H])c6c5c4[2H])cc3)c3c([2H])c([2H])c([2H])c([2H])c23)c1[2H]. The van der Waals surface area contributed by atoms with Gasteiger partial charge in [0.15, 0.2) is 0 Å². The van der Waals surface area contributed by atoms with E-state index in [1.54, 1.807) is 24.3 Å². The van der Waals surface area contributed by atoms with Crippen LogP contribution in [0.2, 0.25) is 0 Å². The molecule has 10 rings (SSSR count). The van der Waals surface area contributed by atoms with Crippen LogP contribution in [0.15, 0.2) is 186 Å². The van der Waals surface area contributed by atoms with Gasteiger partial charge in [-0.15, -0.1) is 0 Å². The van der Waals surface area contributed by atoms with Crippen molar-refractivity contribution in [3.8, 4) is 44.5 Å². The molecule has 0 spiro atoms. The van der Waals surface area contributed by atoms with Gasteiger partial charge in [0.2, 0.25) is 0 Å². The van der Waals surface area contributed by atoms with Crippen molar-refractivity contribution in [2.75, 3.05) is 0 Å². The highest BCUT2D eigenvalue weighted by Gasteiger charge is 2.17. The van der Waals surface area contributed by atoms with Crippen molar-refractivity contribution < 1.29 is 30.5 Å². The molecule has 0 fully saturated rings. The Morgan fingerprint density at radius 2 is 0.898 bits per heavy atom. The first-order valence-corrected chi connectivity index (χ1v) is 15.3. The molecule has 1 aromatic heterocycles. The molecule has 10 aromatic rings. The lowest BCUT2D eigenvalue weighted by Crippen LogP contribution is -1.91. The van der Waals surface area contributed by atoms with E-state index < -0.39 is 114 Å². The second-order valence-corrected chi connectivity index (χ2v) is 11.4. The van der Waals surface area contributed by atoms with Crippen molar-refractivity contribution in [1.82, 2.24) is 0 Å². The molecule has 49 heavy (non-hydrogen) atoms. The summed E-state index contributed by atoms with van der Waals surface area (Å²) in [5, 5.41) is 0.183. The average Bonchev–Trinajstić information content (AvgIpc) is 3.75. The van der Waals surface area contributed by atoms with Gasteiger partial charge in [0.1, 0.15) is 11.2 Å². The third-order valence-electron chi connectivity index (χ3n) is 8.64. The molecule has 0 atom stereocenters. The fourth-order valence-electron chi connectivity index (χ4n) is 6.37. The first kappa shape index (κ1) is 14.8. The van der Waals surface area contributed by atoms with Gasteiger partial charge in [0.05, 0.1) is 26.0 Å². The Morgan fingerprint density at radius 1 is 0.347 bits per heavy atom. The maximum absolute atomic E-state index is 9.70. The molecule has 9 aromatic carbocycles. The molecule has 0 amide bonds. The lowest BCUT2D eigenvalue weighted by molar-refractivity contribution is 0.669. The van der Waals surface area contributed by atoms with Crippen LogP contribution in [0, 0.1) is 0 Å². The molecule has 0 saturated heterocycles. The molecular weight excluding hydrogens is 593 g/mol. The first-order chi connectivity index (χ1) is 32.2. The van der Waals surface area contributed by atoms with Gasteiger partial charge in [0.25, 0.3) is 0 Å². The minimum atomic E-state index is -0.731. The number of hydrogen-bond donors (Lipinski definition) is 0. The lowest BCUT2D eigenvalue weighted by atomic mass is 9.85. The Hall–Kier alpha value is -6.44. The van der Waals surface area contributed by atoms with Crippen LogP contribution in [0.5, 0.6) is 0 Å². The van der Waals surface area contributed by atoms with Crippen molar-refractivity contribution in [3.05, 3.63) is 182 Å². The summed E-state index contributed by atoms with van der Waals surface area (Å²) in [6.45, 7) is 0. The minimum absolute atomic E-state index is 0.0882. The largest absolute Gasteiger partial charge is 0.456 e. The van der Waals surface area contributed by atoms with E-state index in [2.05, 4.69) is 0 Å². The molecule has 0 radical (unpaired) electrons. The maximum Gasteiger partial charge on any atom is 0.135 e. The lowest BCUT2D eigenvalue weighted by Gasteiger charge is -2.18. The van der Waals surface area contributed by atoms with E-state index >= 15 is 0 Å². The second kappa shape index (κ2) is 11.1. The van der Waals surface area contributed by atoms with Gasteiger partial charge in [-0.1, -0.05) is 151 Å². The van der Waals surface area contributed by atoms with E-state index in [1.165, 1.54) is 24.3 Å². The molecule has 0 aliphatic rings. The number of hydrogen-bond acceptors (Lipinski definition) is 1. The monoisotopic (exact) mass is 641 g/mol. The second-order valence-electron chi connectivity index (χ2n) is 11.4. The normalized spacial score (nSPS) is 17.1. The summed E-state index contributed by atoms with van der Waals surface area (Å²) in [6.07, 6.45) is 0. The molecule has 0 saturated carbocycles. The van der Waals surface area contributed by atoms with Crippen LogP contribution >= 0.6 is 0 Å². The van der Waals surface area contributed by atoms with E-state index in [0.717, 1.165) is 10.8 Å². The molecule has 0 N–H and O–H groups in total. The standard InChI is InChI=1S/C48H30O/c1-2-11-34-28-36(25-22-31(34)10-1)35-12-9-13-38(29-35)48-42-17-5-3-15-40(42)47(41-16-4-6-18-43(41)48)33-23-20-32(21-24-33)37-26-27-46-44(30-37)39-14-7-8-19-45(39)49-46/h1-30H/i3D,4D,5D,6D,7D,8D,9D,12D,13D,14D,15D,16D,17D,18D,19D,26D,27D,29D,30D. The van der Waals surface area contributed by atoms with Gasteiger partial charge in [-0.3, -0.25) is 0 Å². The molecule has 1 heteroatoms. The minimum Gasteiger partial charge on any atom is -0.456 e. The van der Waals surface area contributed by atoms with Crippen molar-refractivity contribution >= 4 is 54.3 Å². The van der Waals surface area contributed by atoms with Crippen LogP contribution in [-0.4, -0.2) is 0 Å². The number of furan rings is 1. The maximum atomic E-state index is 9.70. The van der Waals surface area contributed by atoms with Gasteiger partial charge >= 0.3 is 0 Å². The fraction of sp³-hybridized carbons (Fsp3) is 0. The first-order valence-electron chi connectivity index (χ1n) is 24.8. The summed E-state index contributed by atoms with van der Waals surface area (Å²) in [6, 6.07) is 6.92. The number of fused-ring (bicyclic) bond motifs is 6. The van der Waals surface area contributed by atoms with E-state index in [1.807, 2.05) is 18.2 Å². The van der Waals surface area contributed by atoms with E-state index in [0.29, 0.717) is 5.56 Å². The van der Waals surface area contributed by atoms with Crippen LogP contribution in [0.1, 0.15) is 26.0 Å². The highest BCUT2D eigenvalue weighted by molar-refractivity contribution is 6.21. The topological polar surface area (TPSA) is 13.1 Å². The zero-order chi connectivity index (χ0) is 48.8. The summed E-state index contributed by atoms with van der Waals surface area (Å²) in [5.41, 5.74) is -0.965. The van der Waals surface area contributed by atoms with Gasteiger partial charge in [-0.2, -0.15) is 0 Å². The van der Waals surface area contributed by atoms with Crippen LogP contribution in [0.4, 0.5) is 0 Å². The summed E-state index contributed by atoms with van der Waals surface area (Å²) in [7, 11) is 0. The van der Waals surface area contributed by atoms with Gasteiger partial charge in [-0.25, -0.2) is 0 Å². The zero-order valence-corrected chi connectivity index (χ0v) is 25.3. The van der Waals surface area contributed by atoms with Crippen LogP contribution in [-0.2, 0) is 0 Å². The van der Waals surface area contributed by atoms with E-state index in [4.69, 9.17) is 20.9 Å². The van der Waals surface area contributed by atoms with Gasteiger partial charge in [-0.05, 0) is 107 Å². The molecule has 0 aliphatic carbocycles. The Labute approximate surface area is 311 Å². The molecule has 0 unspecified atom stereocenters. The van der Waals surface area contributed by atoms with Gasteiger partial charge < -0.3 is 4.42 Å². The van der Waals surface area contributed by atoms with E-state index in [-0.39, 0.29) is 82.9 Å². The van der Waals surface area contributed by atoms with Crippen LogP contribution < -0.4 is 0 Å². The number of benzene rings is 9. The highest BCUT2D eigenvalue weighted by atomic mass is 16.3. The predicted octanol–water partition coefficient (Wildman–Crippen LogP) is 13.7. The highest BCUT2D eigenvalue weighted by Crippen LogP contribution is 2.44. The molecule has 0 bridgehead atoms. The van der Waals surface area contributed by atoms with Crippen molar-refractivity contribution in [2.45, 2.75) is 0 Å². The summed E-state index contributed by atoms with van der Waals surface area (Å²) < 4.78 is 176. The fourth-order valence-corrected chi connectivity index (χ4v) is 6.37. The molecule has 1 heterocycles. The zero-order valence-electron chi connectivity index (χ0n) is 44.3.